The normalized spacial score (nSPS) is 26.7. The van der Waals surface area contributed by atoms with Gasteiger partial charge in [-0.15, -0.1) is 0 Å². The lowest BCUT2D eigenvalue weighted by molar-refractivity contribution is -0.138. The van der Waals surface area contributed by atoms with Gasteiger partial charge in [0.25, 0.3) is 0 Å². The fraction of sp³-hybridized carbons (Fsp3) is 0.579. The van der Waals surface area contributed by atoms with E-state index in [4.69, 9.17) is 4.74 Å². The molecule has 7 nitrogen and oxygen atoms in total. The molecule has 0 radical (unpaired) electrons. The Morgan fingerprint density at radius 2 is 1.89 bits per heavy atom. The first-order chi connectivity index (χ1) is 12.9. The summed E-state index contributed by atoms with van der Waals surface area (Å²) in [5.41, 5.74) is 0.906. The summed E-state index contributed by atoms with van der Waals surface area (Å²) < 4.78 is 31.1. The predicted molar refractivity (Wildman–Crippen MR) is 98.2 cm³/mol. The van der Waals surface area contributed by atoms with Crippen LogP contribution in [-0.4, -0.2) is 67.0 Å². The van der Waals surface area contributed by atoms with Gasteiger partial charge < -0.3 is 14.5 Å². The Morgan fingerprint density at radius 1 is 1.19 bits per heavy atom. The van der Waals surface area contributed by atoms with Crippen molar-refractivity contribution in [3.8, 4) is 0 Å². The zero-order chi connectivity index (χ0) is 19.1. The number of benzene rings is 1. The Balaban J connectivity index is 1.54. The molecule has 1 atom stereocenters. The van der Waals surface area contributed by atoms with Crippen molar-refractivity contribution in [1.82, 2.24) is 9.80 Å². The molecule has 8 heteroatoms. The highest BCUT2D eigenvalue weighted by Crippen LogP contribution is 2.41. The highest BCUT2D eigenvalue weighted by molar-refractivity contribution is 7.93. The molecule has 3 aliphatic rings. The van der Waals surface area contributed by atoms with Crippen LogP contribution in [0.25, 0.3) is 0 Å². The van der Waals surface area contributed by atoms with Crippen LogP contribution in [0.2, 0.25) is 0 Å². The molecule has 3 saturated heterocycles. The van der Waals surface area contributed by atoms with Gasteiger partial charge in [0.2, 0.25) is 11.8 Å². The van der Waals surface area contributed by atoms with E-state index >= 15 is 0 Å². The molecule has 1 aromatic carbocycles. The average molecular weight is 392 g/mol. The molecular weight excluding hydrogens is 368 g/mol. The Hall–Kier alpha value is -1.93. The van der Waals surface area contributed by atoms with Crippen LogP contribution in [0.4, 0.5) is 0 Å². The highest BCUT2D eigenvalue weighted by Gasteiger charge is 2.58. The summed E-state index contributed by atoms with van der Waals surface area (Å²) in [6.07, 6.45) is 1.26. The summed E-state index contributed by atoms with van der Waals surface area (Å²) in [5.74, 6) is -0.868. The second kappa shape index (κ2) is 6.91. The number of hydrogen-bond donors (Lipinski definition) is 0. The predicted octanol–water partition coefficient (Wildman–Crippen LogP) is 0.799. The lowest BCUT2D eigenvalue weighted by Crippen LogP contribution is -2.57. The monoisotopic (exact) mass is 392 g/mol. The number of nitrogens with zero attached hydrogens (tertiary/aromatic N) is 2. The van der Waals surface area contributed by atoms with Gasteiger partial charge in [0.1, 0.15) is 10.6 Å². The third-order valence-electron chi connectivity index (χ3n) is 6.00. The molecule has 1 spiro atoms. The van der Waals surface area contributed by atoms with E-state index in [0.29, 0.717) is 26.3 Å². The smallest absolute Gasteiger partial charge is 0.239 e. The van der Waals surface area contributed by atoms with Crippen molar-refractivity contribution in [2.24, 2.45) is 5.92 Å². The summed E-state index contributed by atoms with van der Waals surface area (Å²) in [5, 5.41) is 0. The van der Waals surface area contributed by atoms with E-state index in [1.807, 2.05) is 30.3 Å². The minimum atomic E-state index is -3.58. The fourth-order valence-corrected chi connectivity index (χ4v) is 6.47. The van der Waals surface area contributed by atoms with Crippen LogP contribution >= 0.6 is 0 Å². The quantitative estimate of drug-likeness (QED) is 0.760. The molecule has 0 N–H and O–H groups in total. The van der Waals surface area contributed by atoms with E-state index in [1.54, 1.807) is 4.90 Å². The van der Waals surface area contributed by atoms with Gasteiger partial charge in [-0.25, -0.2) is 8.42 Å². The van der Waals surface area contributed by atoms with E-state index in [0.717, 1.165) is 12.0 Å². The molecule has 0 aliphatic carbocycles. The van der Waals surface area contributed by atoms with Crippen LogP contribution in [0, 0.1) is 5.92 Å². The SMILES string of the molecule is O=C(C1CCOC1)N1CCC2(CC1)N(Cc1ccccc1)C(=O)CS2(=O)=O. The van der Waals surface area contributed by atoms with Gasteiger partial charge in [0.05, 0.1) is 12.5 Å². The van der Waals surface area contributed by atoms with Gasteiger partial charge in [-0.2, -0.15) is 0 Å². The first kappa shape index (κ1) is 18.4. The molecule has 1 aromatic rings. The number of piperidine rings is 1. The maximum Gasteiger partial charge on any atom is 0.239 e. The molecule has 2 amide bonds. The van der Waals surface area contributed by atoms with Crippen molar-refractivity contribution in [1.29, 1.82) is 0 Å². The van der Waals surface area contributed by atoms with E-state index in [-0.39, 0.29) is 37.1 Å². The molecule has 3 aliphatic heterocycles. The maximum absolute atomic E-state index is 12.9. The Kier molecular flexibility index (Phi) is 4.71. The largest absolute Gasteiger partial charge is 0.381 e. The van der Waals surface area contributed by atoms with Gasteiger partial charge in [0.15, 0.2) is 9.84 Å². The minimum absolute atomic E-state index is 0.0404. The van der Waals surface area contributed by atoms with Crippen LogP contribution in [0.1, 0.15) is 24.8 Å². The van der Waals surface area contributed by atoms with Crippen LogP contribution < -0.4 is 0 Å². The molecule has 3 fully saturated rings. The summed E-state index contributed by atoms with van der Waals surface area (Å²) in [6, 6.07) is 9.43. The Morgan fingerprint density at radius 3 is 2.52 bits per heavy atom. The van der Waals surface area contributed by atoms with Gasteiger partial charge in [-0.3, -0.25) is 9.59 Å². The standard InChI is InChI=1S/C19H24N2O5S/c22-17-14-27(24,25)19(21(17)12-15-4-2-1-3-5-15)7-9-20(10-8-19)18(23)16-6-11-26-13-16/h1-5,16H,6-14H2. The third kappa shape index (κ3) is 3.14. The summed E-state index contributed by atoms with van der Waals surface area (Å²) in [4.78, 5) is 27.2. The highest BCUT2D eigenvalue weighted by atomic mass is 32.2. The van der Waals surface area contributed by atoms with Gasteiger partial charge >= 0.3 is 0 Å². The molecule has 27 heavy (non-hydrogen) atoms. The summed E-state index contributed by atoms with van der Waals surface area (Å²) in [7, 11) is -3.58. The molecule has 0 saturated carbocycles. The number of hydrogen-bond acceptors (Lipinski definition) is 5. The molecule has 4 rings (SSSR count). The number of carbonyl (C=O) groups is 2. The van der Waals surface area contributed by atoms with E-state index in [1.165, 1.54) is 4.90 Å². The number of ether oxygens (including phenoxy) is 1. The first-order valence-corrected chi connectivity index (χ1v) is 11.0. The van der Waals surface area contributed by atoms with Gasteiger partial charge in [-0.05, 0) is 12.0 Å². The van der Waals surface area contributed by atoms with Crippen LogP contribution in [-0.2, 0) is 30.7 Å². The number of likely N-dealkylation sites (tertiary alicyclic amines) is 1. The topological polar surface area (TPSA) is 84.0 Å². The second-order valence-electron chi connectivity index (χ2n) is 7.56. The third-order valence-corrected chi connectivity index (χ3v) is 8.42. The number of carbonyl (C=O) groups excluding carboxylic acids is 2. The lowest BCUT2D eigenvalue weighted by Gasteiger charge is -2.43. The van der Waals surface area contributed by atoms with Crippen molar-refractivity contribution in [2.45, 2.75) is 30.7 Å². The molecule has 146 valence electrons. The Labute approximate surface area is 159 Å². The number of sulfone groups is 1. The van der Waals surface area contributed by atoms with Crippen molar-refractivity contribution >= 4 is 21.7 Å². The van der Waals surface area contributed by atoms with Crippen molar-refractivity contribution in [3.05, 3.63) is 35.9 Å². The van der Waals surface area contributed by atoms with Crippen molar-refractivity contribution in [2.75, 3.05) is 32.1 Å². The minimum Gasteiger partial charge on any atom is -0.381 e. The first-order valence-electron chi connectivity index (χ1n) is 9.36. The molecule has 1 unspecified atom stereocenters. The van der Waals surface area contributed by atoms with Gasteiger partial charge in [0, 0.05) is 39.1 Å². The van der Waals surface area contributed by atoms with Crippen molar-refractivity contribution < 1.29 is 22.7 Å². The second-order valence-corrected chi connectivity index (χ2v) is 9.83. The number of rotatable bonds is 3. The summed E-state index contributed by atoms with van der Waals surface area (Å²) >= 11 is 0. The zero-order valence-electron chi connectivity index (χ0n) is 15.2. The number of amides is 2. The van der Waals surface area contributed by atoms with Crippen LogP contribution in [0.3, 0.4) is 0 Å². The Bertz CT molecular complexity index is 825. The zero-order valence-corrected chi connectivity index (χ0v) is 16.0. The van der Waals surface area contributed by atoms with Crippen LogP contribution in [0.15, 0.2) is 30.3 Å². The molecular formula is C19H24N2O5S. The molecule has 3 heterocycles. The summed E-state index contributed by atoms with van der Waals surface area (Å²) in [6.45, 7) is 2.03. The van der Waals surface area contributed by atoms with Crippen LogP contribution in [0.5, 0.6) is 0 Å². The van der Waals surface area contributed by atoms with Crippen molar-refractivity contribution in [3.63, 3.8) is 0 Å². The van der Waals surface area contributed by atoms with E-state index in [2.05, 4.69) is 0 Å². The fourth-order valence-electron chi connectivity index (χ4n) is 4.41. The van der Waals surface area contributed by atoms with E-state index in [9.17, 15) is 18.0 Å². The van der Waals surface area contributed by atoms with Gasteiger partial charge in [-0.1, -0.05) is 30.3 Å². The lowest BCUT2D eigenvalue weighted by atomic mass is 9.99. The average Bonchev–Trinajstić information content (AvgIpc) is 3.25. The molecule has 0 aromatic heterocycles. The van der Waals surface area contributed by atoms with E-state index < -0.39 is 20.5 Å². The maximum atomic E-state index is 12.9. The molecule has 0 bridgehead atoms.